The van der Waals surface area contributed by atoms with Crippen molar-refractivity contribution in [3.63, 3.8) is 0 Å². The van der Waals surface area contributed by atoms with Crippen LogP contribution in [-0.4, -0.2) is 70.4 Å². The van der Waals surface area contributed by atoms with Crippen LogP contribution in [0.4, 0.5) is 22.0 Å². The van der Waals surface area contributed by atoms with Crippen LogP contribution in [0.3, 0.4) is 0 Å². The molecule has 0 saturated carbocycles. The van der Waals surface area contributed by atoms with E-state index in [-0.39, 0.29) is 31.2 Å². The number of rotatable bonds is 21. The molecule has 1 aliphatic heterocycles. The van der Waals surface area contributed by atoms with Gasteiger partial charge < -0.3 is 23.7 Å². The Labute approximate surface area is 272 Å². The van der Waals surface area contributed by atoms with Gasteiger partial charge >= 0.3 is 12.1 Å². The van der Waals surface area contributed by atoms with Crippen LogP contribution in [0.15, 0.2) is 47.4 Å². The fraction of sp³-hybridized carbons (Fsp3) is 0.636. The van der Waals surface area contributed by atoms with Gasteiger partial charge in [0.2, 0.25) is 0 Å². The Kier molecular flexibility index (Phi) is 15.6. The number of fused-ring (bicyclic) bond motifs is 1. The van der Waals surface area contributed by atoms with Crippen molar-refractivity contribution in [2.45, 2.75) is 80.2 Å². The molecule has 2 atom stereocenters. The minimum Gasteiger partial charge on any atom is -0.468 e. The highest BCUT2D eigenvalue weighted by Crippen LogP contribution is 2.52. The van der Waals surface area contributed by atoms with Gasteiger partial charge in [-0.3, -0.25) is 0 Å². The number of ether oxygens (including phenoxy) is 5. The van der Waals surface area contributed by atoms with Crippen molar-refractivity contribution in [3.05, 3.63) is 53.6 Å². The monoisotopic (exact) mass is 680 g/mol. The van der Waals surface area contributed by atoms with Gasteiger partial charge in [-0.25, -0.2) is 0 Å². The van der Waals surface area contributed by atoms with Crippen molar-refractivity contribution in [1.82, 2.24) is 0 Å². The molecular formula is C33H45F5O5S2. The Morgan fingerprint density at radius 3 is 2.18 bits per heavy atom. The lowest BCUT2D eigenvalue weighted by atomic mass is 9.68. The normalized spacial score (nSPS) is 18.5. The van der Waals surface area contributed by atoms with Crippen LogP contribution in [-0.2, 0) is 19.6 Å². The van der Waals surface area contributed by atoms with Gasteiger partial charge in [0.1, 0.15) is 11.5 Å². The molecule has 1 aliphatic rings. The molecule has 0 aliphatic carbocycles. The average molecular weight is 681 g/mol. The maximum absolute atomic E-state index is 12.9. The molecule has 0 N–H and O–H groups in total. The first-order valence-electron chi connectivity index (χ1n) is 15.2. The molecule has 45 heavy (non-hydrogen) atoms. The summed E-state index contributed by atoms with van der Waals surface area (Å²) in [7, 11) is 3.21. The first-order chi connectivity index (χ1) is 21.5. The Morgan fingerprint density at radius 1 is 0.822 bits per heavy atom. The number of hydrogen-bond donors (Lipinski definition) is 0. The SMILES string of the molecule is COCOc1ccc([C@@]2(C)CSc3cc(OCOC)ccc3[C@H]2CCCCCCOCCSCCCC(F)(F)C(F)(F)F)cc1. The van der Waals surface area contributed by atoms with Crippen LogP contribution in [0, 0.1) is 0 Å². The highest BCUT2D eigenvalue weighted by Gasteiger charge is 2.56. The smallest absolute Gasteiger partial charge is 0.453 e. The Hall–Kier alpha value is -1.73. The van der Waals surface area contributed by atoms with Crippen LogP contribution in [0.2, 0.25) is 0 Å². The number of thioether (sulfide) groups is 2. The number of benzene rings is 2. The quantitative estimate of drug-likeness (QED) is 0.0740. The summed E-state index contributed by atoms with van der Waals surface area (Å²) < 4.78 is 89.6. The first kappa shape index (κ1) is 37.7. The van der Waals surface area contributed by atoms with Gasteiger partial charge in [0.05, 0.1) is 6.61 Å². The first-order valence-corrected chi connectivity index (χ1v) is 17.4. The largest absolute Gasteiger partial charge is 0.468 e. The van der Waals surface area contributed by atoms with Gasteiger partial charge in [-0.2, -0.15) is 33.7 Å². The zero-order valence-electron chi connectivity index (χ0n) is 26.3. The van der Waals surface area contributed by atoms with Crippen LogP contribution in [0.5, 0.6) is 11.5 Å². The van der Waals surface area contributed by atoms with Crippen molar-refractivity contribution < 1.29 is 45.6 Å². The van der Waals surface area contributed by atoms with Crippen molar-refractivity contribution in [1.29, 1.82) is 0 Å². The maximum Gasteiger partial charge on any atom is 0.453 e. The zero-order chi connectivity index (χ0) is 32.8. The van der Waals surface area contributed by atoms with Crippen molar-refractivity contribution in [2.75, 3.05) is 58.3 Å². The van der Waals surface area contributed by atoms with Gasteiger partial charge in [0, 0.05) is 49.1 Å². The van der Waals surface area contributed by atoms with Gasteiger partial charge in [0.15, 0.2) is 13.6 Å². The second-order valence-electron chi connectivity index (χ2n) is 11.3. The van der Waals surface area contributed by atoms with E-state index in [0.717, 1.165) is 49.4 Å². The average Bonchev–Trinajstić information content (AvgIpc) is 3.01. The molecule has 5 nitrogen and oxygen atoms in total. The molecule has 0 saturated heterocycles. The van der Waals surface area contributed by atoms with Crippen LogP contribution in [0.1, 0.15) is 68.9 Å². The topological polar surface area (TPSA) is 46.2 Å². The number of hydrogen-bond acceptors (Lipinski definition) is 7. The summed E-state index contributed by atoms with van der Waals surface area (Å²) in [5, 5.41) is 0. The number of unbranched alkanes of at least 4 members (excludes halogenated alkanes) is 3. The van der Waals surface area contributed by atoms with E-state index in [4.69, 9.17) is 23.7 Å². The molecule has 3 rings (SSSR count). The summed E-state index contributed by atoms with van der Waals surface area (Å²) >= 11 is 3.19. The van der Waals surface area contributed by atoms with Crippen molar-refractivity contribution in [2.24, 2.45) is 0 Å². The van der Waals surface area contributed by atoms with Crippen LogP contribution < -0.4 is 9.47 Å². The molecule has 254 valence electrons. The third-order valence-corrected chi connectivity index (χ3v) is 10.4. The lowest BCUT2D eigenvalue weighted by molar-refractivity contribution is -0.284. The van der Waals surface area contributed by atoms with Crippen molar-refractivity contribution in [3.8, 4) is 11.5 Å². The fourth-order valence-electron chi connectivity index (χ4n) is 5.40. The molecule has 12 heteroatoms. The van der Waals surface area contributed by atoms with E-state index in [1.165, 1.54) is 27.8 Å². The number of halogens is 5. The summed E-state index contributed by atoms with van der Waals surface area (Å²) in [5.74, 6) is -0.956. The second-order valence-corrected chi connectivity index (χ2v) is 13.6. The van der Waals surface area contributed by atoms with E-state index in [1.807, 2.05) is 30.0 Å². The van der Waals surface area contributed by atoms with Gasteiger partial charge in [-0.1, -0.05) is 44.4 Å². The third-order valence-electron chi connectivity index (χ3n) is 7.96. The highest BCUT2D eigenvalue weighted by atomic mass is 32.2. The second kappa shape index (κ2) is 18.6. The molecule has 0 radical (unpaired) electrons. The van der Waals surface area contributed by atoms with Gasteiger partial charge in [0.25, 0.3) is 0 Å². The summed E-state index contributed by atoms with van der Waals surface area (Å²) in [4.78, 5) is 1.24. The van der Waals surface area contributed by atoms with Crippen molar-refractivity contribution >= 4 is 23.5 Å². The molecule has 0 aromatic heterocycles. The Morgan fingerprint density at radius 2 is 1.49 bits per heavy atom. The molecule has 0 spiro atoms. The van der Waals surface area contributed by atoms with E-state index in [0.29, 0.717) is 24.9 Å². The third kappa shape index (κ3) is 11.5. The number of methoxy groups -OCH3 is 2. The molecule has 0 bridgehead atoms. The predicted octanol–water partition coefficient (Wildman–Crippen LogP) is 9.48. The maximum atomic E-state index is 12.9. The lowest BCUT2D eigenvalue weighted by Gasteiger charge is -2.43. The van der Waals surface area contributed by atoms with E-state index in [2.05, 4.69) is 31.2 Å². The van der Waals surface area contributed by atoms with E-state index >= 15 is 0 Å². The van der Waals surface area contributed by atoms with Crippen LogP contribution in [0.25, 0.3) is 0 Å². The summed E-state index contributed by atoms with van der Waals surface area (Å²) in [6, 6.07) is 14.7. The molecule has 1 heterocycles. The summed E-state index contributed by atoms with van der Waals surface area (Å²) in [6.45, 7) is 3.83. The van der Waals surface area contributed by atoms with E-state index < -0.39 is 18.5 Å². The Balaban J connectivity index is 1.45. The van der Waals surface area contributed by atoms with E-state index in [9.17, 15) is 22.0 Å². The molecular weight excluding hydrogens is 635 g/mol. The minimum absolute atomic E-state index is 0.0736. The summed E-state index contributed by atoms with van der Waals surface area (Å²) in [6.07, 6.45) is -1.71. The van der Waals surface area contributed by atoms with Gasteiger partial charge in [-0.05, 0) is 66.3 Å². The zero-order valence-corrected chi connectivity index (χ0v) is 27.9. The number of alkyl halides is 5. The molecule has 2 aromatic rings. The molecule has 2 aromatic carbocycles. The van der Waals surface area contributed by atoms with Gasteiger partial charge in [-0.15, -0.1) is 11.8 Å². The highest BCUT2D eigenvalue weighted by molar-refractivity contribution is 7.99. The van der Waals surface area contributed by atoms with E-state index in [1.54, 1.807) is 14.2 Å². The minimum atomic E-state index is -5.48. The molecule has 0 unspecified atom stereocenters. The molecule has 0 fully saturated rings. The summed E-state index contributed by atoms with van der Waals surface area (Å²) in [5.41, 5.74) is 2.53. The lowest BCUT2D eigenvalue weighted by Crippen LogP contribution is -2.36. The van der Waals surface area contributed by atoms with Crippen LogP contribution >= 0.6 is 23.5 Å². The Bertz CT molecular complexity index is 1140. The fourth-order valence-corrected chi connectivity index (χ4v) is 7.59. The predicted molar refractivity (Wildman–Crippen MR) is 170 cm³/mol. The standard InChI is InChI=1S/C33H45F5O5S2/c1-31(25-10-12-26(13-11-25)42-23-39-2)22-45-30-21-27(43-24-40-3)14-15-28(30)29(31)9-6-4-5-7-17-41-18-20-44-19-8-16-32(34,35)33(36,37)38/h10-15,21,29H,4-9,16-20,22-24H2,1-3H3/t29-,31-/m1/s1. The molecule has 0 amide bonds.